The van der Waals surface area contributed by atoms with Gasteiger partial charge in [-0.2, -0.15) is 0 Å². The third-order valence-electron chi connectivity index (χ3n) is 2.48. The first kappa shape index (κ1) is 32.8. The molecular formula is C12H31NNa4. The molecule has 0 heterocycles. The molecule has 0 radical (unpaired) electrons. The summed E-state index contributed by atoms with van der Waals surface area (Å²) in [6, 6.07) is 0. The van der Waals surface area contributed by atoms with Gasteiger partial charge in [-0.05, 0) is 38.9 Å². The molecule has 0 aliphatic heterocycles. The molecule has 0 aromatic carbocycles. The van der Waals surface area contributed by atoms with E-state index in [1.54, 1.807) is 0 Å². The van der Waals surface area contributed by atoms with Crippen molar-refractivity contribution in [2.75, 3.05) is 19.6 Å². The van der Waals surface area contributed by atoms with Gasteiger partial charge in [0.05, 0.1) is 0 Å². The third-order valence-corrected chi connectivity index (χ3v) is 2.48. The van der Waals surface area contributed by atoms with Gasteiger partial charge in [0.25, 0.3) is 0 Å². The van der Waals surface area contributed by atoms with E-state index in [9.17, 15) is 0 Å². The van der Waals surface area contributed by atoms with Gasteiger partial charge in [0, 0.05) is 0 Å². The van der Waals surface area contributed by atoms with Crippen LogP contribution < -0.4 is 118 Å². The average Bonchev–Trinajstić information content (AvgIpc) is 2.17. The minimum absolute atomic E-state index is 0. The quantitative estimate of drug-likeness (QED) is 0.380. The van der Waals surface area contributed by atoms with Crippen molar-refractivity contribution >= 4 is 0 Å². The molecule has 0 aromatic rings. The second-order valence-corrected chi connectivity index (χ2v) is 3.90. The maximum atomic E-state index is 2.64. The predicted molar refractivity (Wildman–Crippen MR) is 65.6 cm³/mol. The zero-order valence-corrected chi connectivity index (χ0v) is 21.8. The first-order chi connectivity index (χ1) is 6.35. The standard InChI is InChI=1S/C12H27N.4Na.4H/c1-4-7-10-13(11-8-5-2)12-9-6-3;;;;;;;;/h4-12H2,1-3H3;;;;;;;;/q;4*+1;4*-1. The van der Waals surface area contributed by atoms with Crippen LogP contribution in [-0.2, 0) is 0 Å². The van der Waals surface area contributed by atoms with Crippen LogP contribution >= 0.6 is 0 Å². The molecule has 0 fully saturated rings. The van der Waals surface area contributed by atoms with Crippen LogP contribution in [0, 0.1) is 0 Å². The van der Waals surface area contributed by atoms with Gasteiger partial charge in [-0.25, -0.2) is 0 Å². The van der Waals surface area contributed by atoms with Crippen molar-refractivity contribution in [2.45, 2.75) is 59.3 Å². The monoisotopic (exact) mass is 281 g/mol. The zero-order valence-electron chi connectivity index (χ0n) is 17.8. The largest absolute Gasteiger partial charge is 1.00 e. The molecule has 0 unspecified atom stereocenters. The van der Waals surface area contributed by atoms with E-state index < -0.39 is 0 Å². The molecule has 88 valence electrons. The van der Waals surface area contributed by atoms with E-state index in [0.29, 0.717) is 0 Å². The molecule has 0 aromatic heterocycles. The maximum absolute atomic E-state index is 2.64. The molecule has 17 heavy (non-hydrogen) atoms. The topological polar surface area (TPSA) is 3.24 Å². The second kappa shape index (κ2) is 28.2. The fourth-order valence-electron chi connectivity index (χ4n) is 1.48. The number of hydrogen-bond donors (Lipinski definition) is 0. The Morgan fingerprint density at radius 1 is 0.588 bits per heavy atom. The van der Waals surface area contributed by atoms with Crippen molar-refractivity contribution in [2.24, 2.45) is 0 Å². The number of unbranched alkanes of at least 4 members (excludes halogenated alkanes) is 3. The van der Waals surface area contributed by atoms with Gasteiger partial charge in [-0.1, -0.05) is 40.0 Å². The minimum Gasteiger partial charge on any atom is -1.00 e. The SMILES string of the molecule is CCCCN(CCCC)CCCC.[H-].[H-].[H-].[H-].[Na+].[Na+].[Na+].[Na+]. The normalized spacial score (nSPS) is 8.47. The number of rotatable bonds is 9. The van der Waals surface area contributed by atoms with Gasteiger partial charge in [0.2, 0.25) is 0 Å². The summed E-state index contributed by atoms with van der Waals surface area (Å²) >= 11 is 0. The molecule has 0 saturated carbocycles. The summed E-state index contributed by atoms with van der Waals surface area (Å²) in [7, 11) is 0. The van der Waals surface area contributed by atoms with E-state index in [-0.39, 0.29) is 124 Å². The van der Waals surface area contributed by atoms with Crippen molar-refractivity contribution in [3.05, 3.63) is 0 Å². The predicted octanol–water partition coefficient (Wildman–Crippen LogP) is -7.85. The van der Waals surface area contributed by atoms with Crippen molar-refractivity contribution in [1.82, 2.24) is 4.90 Å². The second-order valence-electron chi connectivity index (χ2n) is 3.90. The van der Waals surface area contributed by atoms with Crippen LogP contribution in [0.1, 0.15) is 65.0 Å². The van der Waals surface area contributed by atoms with Crippen LogP contribution in [-0.4, -0.2) is 24.5 Å². The molecule has 1 nitrogen and oxygen atoms in total. The molecule has 0 aliphatic rings. The van der Waals surface area contributed by atoms with Gasteiger partial charge in [-0.3, -0.25) is 0 Å². The van der Waals surface area contributed by atoms with Crippen LogP contribution in [0.4, 0.5) is 0 Å². The van der Waals surface area contributed by atoms with Crippen LogP contribution in [0.5, 0.6) is 0 Å². The van der Waals surface area contributed by atoms with Crippen molar-refractivity contribution in [3.63, 3.8) is 0 Å². The van der Waals surface area contributed by atoms with Gasteiger partial charge in [0.1, 0.15) is 0 Å². The summed E-state index contributed by atoms with van der Waals surface area (Å²) in [5.74, 6) is 0. The van der Waals surface area contributed by atoms with E-state index in [1.807, 2.05) is 0 Å². The molecule has 0 spiro atoms. The zero-order chi connectivity index (χ0) is 9.94. The fraction of sp³-hybridized carbons (Fsp3) is 1.00. The maximum Gasteiger partial charge on any atom is 1.00 e. The molecule has 0 saturated heterocycles. The van der Waals surface area contributed by atoms with Gasteiger partial charge >= 0.3 is 118 Å². The summed E-state index contributed by atoms with van der Waals surface area (Å²) in [5.41, 5.74) is 0. The van der Waals surface area contributed by atoms with E-state index in [2.05, 4.69) is 25.7 Å². The molecule has 0 amide bonds. The molecule has 0 aliphatic carbocycles. The van der Waals surface area contributed by atoms with Gasteiger partial charge in [-0.15, -0.1) is 0 Å². The van der Waals surface area contributed by atoms with E-state index >= 15 is 0 Å². The summed E-state index contributed by atoms with van der Waals surface area (Å²) < 4.78 is 0. The summed E-state index contributed by atoms with van der Waals surface area (Å²) in [6.07, 6.45) is 8.09. The Bertz CT molecular complexity index is 100. The third kappa shape index (κ3) is 25.3. The van der Waals surface area contributed by atoms with Crippen molar-refractivity contribution in [3.8, 4) is 0 Å². The summed E-state index contributed by atoms with van der Waals surface area (Å²) in [6.45, 7) is 10.8. The van der Waals surface area contributed by atoms with Gasteiger partial charge < -0.3 is 10.6 Å². The summed E-state index contributed by atoms with van der Waals surface area (Å²) in [4.78, 5) is 2.64. The van der Waals surface area contributed by atoms with Crippen LogP contribution in [0.25, 0.3) is 0 Å². The molecule has 0 N–H and O–H groups in total. The Balaban J connectivity index is -0.0000000257. The van der Waals surface area contributed by atoms with Crippen LogP contribution in [0.2, 0.25) is 0 Å². The van der Waals surface area contributed by atoms with E-state index in [4.69, 9.17) is 0 Å². The molecule has 0 bridgehead atoms. The molecule has 5 heteroatoms. The Labute approximate surface area is 204 Å². The van der Waals surface area contributed by atoms with E-state index in [1.165, 1.54) is 58.2 Å². The Hall–Kier alpha value is 3.96. The summed E-state index contributed by atoms with van der Waals surface area (Å²) in [5, 5.41) is 0. The Kier molecular flexibility index (Phi) is 54.3. The Morgan fingerprint density at radius 3 is 1.00 bits per heavy atom. The molecule has 0 atom stereocenters. The Morgan fingerprint density at radius 2 is 0.824 bits per heavy atom. The average molecular weight is 281 g/mol. The first-order valence-electron chi connectivity index (χ1n) is 6.07. The molecular weight excluding hydrogens is 250 g/mol. The first-order valence-corrected chi connectivity index (χ1v) is 6.07. The van der Waals surface area contributed by atoms with Crippen molar-refractivity contribution in [1.29, 1.82) is 0 Å². The fourth-order valence-corrected chi connectivity index (χ4v) is 1.48. The number of hydrogen-bond acceptors (Lipinski definition) is 1. The number of nitrogens with zero attached hydrogens (tertiary/aromatic N) is 1. The smallest absolute Gasteiger partial charge is 1.00 e. The van der Waals surface area contributed by atoms with E-state index in [0.717, 1.165) is 0 Å². The molecule has 0 rings (SSSR count). The van der Waals surface area contributed by atoms with Crippen LogP contribution in [0.3, 0.4) is 0 Å². The van der Waals surface area contributed by atoms with Crippen molar-refractivity contribution < 1.29 is 124 Å². The van der Waals surface area contributed by atoms with Crippen LogP contribution in [0.15, 0.2) is 0 Å². The van der Waals surface area contributed by atoms with Gasteiger partial charge in [0.15, 0.2) is 0 Å². The minimum atomic E-state index is 0.